The Balaban J connectivity index is 1.85. The highest BCUT2D eigenvalue weighted by Gasteiger charge is 2.50. The number of hydrogen-bond acceptors (Lipinski definition) is 4. The van der Waals surface area contributed by atoms with Crippen molar-refractivity contribution in [1.82, 2.24) is 5.32 Å². The lowest BCUT2D eigenvalue weighted by Gasteiger charge is -2.38. The summed E-state index contributed by atoms with van der Waals surface area (Å²) in [6.07, 6.45) is 2.65. The third-order valence-corrected chi connectivity index (χ3v) is 6.95. The predicted molar refractivity (Wildman–Crippen MR) is 129 cm³/mol. The van der Waals surface area contributed by atoms with Crippen molar-refractivity contribution < 1.29 is 23.8 Å². The second kappa shape index (κ2) is 8.99. The molecule has 1 aliphatic carbocycles. The van der Waals surface area contributed by atoms with E-state index in [0.717, 1.165) is 29.5 Å². The molecule has 6 heteroatoms. The van der Waals surface area contributed by atoms with Crippen LogP contribution in [0.15, 0.2) is 48.2 Å². The van der Waals surface area contributed by atoms with E-state index in [0.29, 0.717) is 29.7 Å². The third-order valence-electron chi connectivity index (χ3n) is 6.95. The number of aliphatic hydroxyl groups excluding tert-OH is 1. The van der Waals surface area contributed by atoms with Crippen LogP contribution in [0.1, 0.15) is 57.6 Å². The van der Waals surface area contributed by atoms with Gasteiger partial charge in [-0.25, -0.2) is 4.39 Å². The largest absolute Gasteiger partial charge is 0.427 e. The number of amides is 1. The maximum absolute atomic E-state index is 13.4. The molecule has 0 atom stereocenters. The van der Waals surface area contributed by atoms with Crippen LogP contribution in [0.25, 0.3) is 16.7 Å². The van der Waals surface area contributed by atoms with Crippen LogP contribution < -0.4 is 5.32 Å². The maximum atomic E-state index is 13.4. The smallest absolute Gasteiger partial charge is 0.316 e. The van der Waals surface area contributed by atoms with E-state index in [1.165, 1.54) is 12.1 Å². The van der Waals surface area contributed by atoms with Gasteiger partial charge in [0.1, 0.15) is 11.6 Å². The summed E-state index contributed by atoms with van der Waals surface area (Å²) in [5.41, 5.74) is 2.11. The van der Waals surface area contributed by atoms with Crippen LogP contribution in [0.4, 0.5) is 4.39 Å². The maximum Gasteiger partial charge on any atom is 0.316 e. The van der Waals surface area contributed by atoms with Crippen LogP contribution in [-0.4, -0.2) is 29.1 Å². The number of hydrogen-bond donors (Lipinski definition) is 2. The zero-order valence-electron chi connectivity index (χ0n) is 20.2. The summed E-state index contributed by atoms with van der Waals surface area (Å²) in [5, 5.41) is 12.7. The van der Waals surface area contributed by atoms with Gasteiger partial charge in [0.05, 0.1) is 16.5 Å². The molecule has 1 aliphatic heterocycles. The van der Waals surface area contributed by atoms with Gasteiger partial charge in [-0.05, 0) is 99.7 Å². The molecule has 180 valence electrons. The molecule has 1 spiro atoms. The Morgan fingerprint density at radius 2 is 1.74 bits per heavy atom. The Hall–Kier alpha value is -2.99. The Kier molecular flexibility index (Phi) is 6.38. The SMILES string of the molecule is Cc1ccc(-c2ccc(F)cc2)cc1C1=C(OC(=O)C(C)(C)C)C2(CCC(CO)CC2)NC1=O. The van der Waals surface area contributed by atoms with Gasteiger partial charge in [0.25, 0.3) is 5.91 Å². The summed E-state index contributed by atoms with van der Waals surface area (Å²) in [6, 6.07) is 12.0. The van der Waals surface area contributed by atoms with E-state index in [-0.39, 0.29) is 24.2 Å². The highest BCUT2D eigenvalue weighted by molar-refractivity contribution is 6.24. The minimum absolute atomic E-state index is 0.108. The molecule has 2 aromatic rings. The predicted octanol–water partition coefficient (Wildman–Crippen LogP) is 5.15. The van der Waals surface area contributed by atoms with E-state index in [1.807, 2.05) is 25.1 Å². The molecule has 4 rings (SSSR count). The number of aliphatic hydroxyl groups is 1. The van der Waals surface area contributed by atoms with Crippen molar-refractivity contribution in [3.05, 3.63) is 65.2 Å². The van der Waals surface area contributed by atoms with Gasteiger partial charge >= 0.3 is 5.97 Å². The summed E-state index contributed by atoms with van der Waals surface area (Å²) in [4.78, 5) is 26.4. The van der Waals surface area contributed by atoms with Gasteiger partial charge in [-0.1, -0.05) is 24.3 Å². The van der Waals surface area contributed by atoms with Crippen molar-refractivity contribution in [2.24, 2.45) is 11.3 Å². The molecule has 0 bridgehead atoms. The number of carbonyl (C=O) groups excluding carboxylic acids is 2. The van der Waals surface area contributed by atoms with Gasteiger partial charge in [0, 0.05) is 6.61 Å². The van der Waals surface area contributed by atoms with Crippen molar-refractivity contribution in [1.29, 1.82) is 0 Å². The van der Waals surface area contributed by atoms with Gasteiger partial charge in [-0.3, -0.25) is 9.59 Å². The number of carbonyl (C=O) groups is 2. The summed E-state index contributed by atoms with van der Waals surface area (Å²) in [6.45, 7) is 7.39. The highest BCUT2D eigenvalue weighted by Crippen LogP contribution is 2.46. The molecule has 0 unspecified atom stereocenters. The fourth-order valence-electron chi connectivity index (χ4n) is 4.74. The third kappa shape index (κ3) is 4.51. The number of halogens is 1. The lowest BCUT2D eigenvalue weighted by molar-refractivity contribution is -0.150. The van der Waals surface area contributed by atoms with E-state index in [1.54, 1.807) is 32.9 Å². The molecule has 5 nitrogen and oxygen atoms in total. The first-order chi connectivity index (χ1) is 16.0. The van der Waals surface area contributed by atoms with E-state index < -0.39 is 16.9 Å². The van der Waals surface area contributed by atoms with Crippen LogP contribution >= 0.6 is 0 Å². The molecule has 1 amide bonds. The Morgan fingerprint density at radius 3 is 2.32 bits per heavy atom. The monoisotopic (exact) mass is 465 g/mol. The average Bonchev–Trinajstić information content (AvgIpc) is 3.05. The standard InChI is InChI=1S/C28H32FNO4/c1-17-5-6-20(19-7-9-21(29)10-8-19)15-22(17)23-24(34-26(33)27(2,3)4)28(30-25(23)32)13-11-18(16-31)12-14-28/h5-10,15,18,31H,11-14,16H2,1-4H3,(H,30,32). The molecule has 34 heavy (non-hydrogen) atoms. The zero-order chi connectivity index (χ0) is 24.7. The number of esters is 1. The van der Waals surface area contributed by atoms with Crippen molar-refractivity contribution in [2.75, 3.05) is 6.61 Å². The van der Waals surface area contributed by atoms with Crippen molar-refractivity contribution in [3.8, 4) is 11.1 Å². The topological polar surface area (TPSA) is 75.6 Å². The first-order valence-electron chi connectivity index (χ1n) is 11.8. The number of nitrogens with one attached hydrogen (secondary N) is 1. The average molecular weight is 466 g/mol. The van der Waals surface area contributed by atoms with E-state index in [2.05, 4.69) is 5.32 Å². The Labute approximate surface area is 200 Å². The van der Waals surface area contributed by atoms with Gasteiger partial charge in [0.15, 0.2) is 0 Å². The Bertz CT molecular complexity index is 1140. The fraction of sp³-hybridized carbons (Fsp3) is 0.429. The fourth-order valence-corrected chi connectivity index (χ4v) is 4.74. The molecule has 1 heterocycles. The number of ether oxygens (including phenoxy) is 1. The quantitative estimate of drug-likeness (QED) is 0.612. The highest BCUT2D eigenvalue weighted by atomic mass is 19.1. The minimum atomic E-state index is -0.767. The molecule has 1 fully saturated rings. The summed E-state index contributed by atoms with van der Waals surface area (Å²) in [7, 11) is 0. The van der Waals surface area contributed by atoms with Crippen molar-refractivity contribution in [2.45, 2.75) is 58.9 Å². The molecular weight excluding hydrogens is 433 g/mol. The van der Waals surface area contributed by atoms with Crippen LogP contribution in [0.5, 0.6) is 0 Å². The lowest BCUT2D eigenvalue weighted by Crippen LogP contribution is -2.48. The molecule has 0 saturated heterocycles. The molecule has 2 N–H and O–H groups in total. The molecule has 0 aromatic heterocycles. The van der Waals surface area contributed by atoms with Crippen LogP contribution in [0, 0.1) is 24.1 Å². The second-order valence-corrected chi connectivity index (χ2v) is 10.5. The number of aryl methyl sites for hydroxylation is 1. The summed E-state index contributed by atoms with van der Waals surface area (Å²) >= 11 is 0. The number of rotatable bonds is 4. The normalized spacial score (nSPS) is 22.8. The van der Waals surface area contributed by atoms with Crippen LogP contribution in [0.3, 0.4) is 0 Å². The Morgan fingerprint density at radius 1 is 1.12 bits per heavy atom. The molecule has 2 aliphatic rings. The zero-order valence-corrected chi connectivity index (χ0v) is 20.2. The van der Waals surface area contributed by atoms with Gasteiger partial charge < -0.3 is 15.2 Å². The van der Waals surface area contributed by atoms with Crippen LogP contribution in [-0.2, 0) is 14.3 Å². The molecule has 1 saturated carbocycles. The first kappa shape index (κ1) is 24.1. The van der Waals surface area contributed by atoms with E-state index in [9.17, 15) is 19.1 Å². The summed E-state index contributed by atoms with van der Waals surface area (Å²) < 4.78 is 19.5. The molecular formula is C28H32FNO4. The van der Waals surface area contributed by atoms with Gasteiger partial charge in [-0.2, -0.15) is 0 Å². The first-order valence-corrected chi connectivity index (χ1v) is 11.8. The van der Waals surface area contributed by atoms with Gasteiger partial charge in [0.2, 0.25) is 0 Å². The lowest BCUT2D eigenvalue weighted by atomic mass is 9.75. The molecule has 0 radical (unpaired) electrons. The van der Waals surface area contributed by atoms with Crippen molar-refractivity contribution >= 4 is 17.4 Å². The molecule has 2 aromatic carbocycles. The second-order valence-electron chi connectivity index (χ2n) is 10.5. The van der Waals surface area contributed by atoms with E-state index >= 15 is 0 Å². The van der Waals surface area contributed by atoms with Crippen molar-refractivity contribution in [3.63, 3.8) is 0 Å². The van der Waals surface area contributed by atoms with Crippen LogP contribution in [0.2, 0.25) is 0 Å². The minimum Gasteiger partial charge on any atom is -0.427 e. The van der Waals surface area contributed by atoms with E-state index in [4.69, 9.17) is 4.74 Å². The van der Waals surface area contributed by atoms with Gasteiger partial charge in [-0.15, -0.1) is 0 Å². The number of benzene rings is 2. The summed E-state index contributed by atoms with van der Waals surface area (Å²) in [5.74, 6) is -0.417.